The van der Waals surface area contributed by atoms with E-state index in [0.29, 0.717) is 22.7 Å². The molecule has 106 valence electrons. The Hall–Kier alpha value is -3.23. The summed E-state index contributed by atoms with van der Waals surface area (Å²) < 4.78 is 1.48. The van der Waals surface area contributed by atoms with Gasteiger partial charge in [-0.2, -0.15) is 0 Å². The Morgan fingerprint density at radius 2 is 2.19 bits per heavy atom. The van der Waals surface area contributed by atoms with E-state index in [2.05, 4.69) is 15.0 Å². The summed E-state index contributed by atoms with van der Waals surface area (Å²) >= 11 is 0. The Morgan fingerprint density at radius 1 is 1.43 bits per heavy atom. The van der Waals surface area contributed by atoms with Crippen LogP contribution in [0.2, 0.25) is 0 Å². The van der Waals surface area contributed by atoms with Crippen LogP contribution >= 0.6 is 0 Å². The molecule has 3 aromatic rings. The maximum Gasteiger partial charge on any atom is 0.382 e. The van der Waals surface area contributed by atoms with Gasteiger partial charge >= 0.3 is 11.8 Å². The minimum absolute atomic E-state index is 0.117. The van der Waals surface area contributed by atoms with E-state index in [1.54, 1.807) is 13.1 Å². The van der Waals surface area contributed by atoms with Crippen LogP contribution < -0.4 is 0 Å². The Bertz CT molecular complexity index is 879. The highest BCUT2D eigenvalue weighted by Crippen LogP contribution is 2.22. The van der Waals surface area contributed by atoms with E-state index in [1.807, 2.05) is 0 Å². The molecule has 1 aromatic carbocycles. The van der Waals surface area contributed by atoms with Crippen LogP contribution in [-0.2, 0) is 7.05 Å². The molecule has 21 heavy (non-hydrogen) atoms. The molecule has 0 fully saturated rings. The van der Waals surface area contributed by atoms with Crippen LogP contribution in [0.3, 0.4) is 0 Å². The lowest BCUT2D eigenvalue weighted by molar-refractivity contribution is -0.389. The number of imidazole rings is 2. The Labute approximate surface area is 117 Å². The molecular weight excluding hydrogens is 278 g/mol. The summed E-state index contributed by atoms with van der Waals surface area (Å²) in [5.41, 5.74) is 1.20. The molecule has 0 unspecified atom stereocenters. The van der Waals surface area contributed by atoms with Gasteiger partial charge in [0.15, 0.2) is 0 Å². The minimum atomic E-state index is -1.05. The lowest BCUT2D eigenvalue weighted by Crippen LogP contribution is -1.94. The minimum Gasteiger partial charge on any atom is -0.478 e. The molecule has 0 saturated carbocycles. The summed E-state index contributed by atoms with van der Waals surface area (Å²) in [5.74, 6) is -0.689. The summed E-state index contributed by atoms with van der Waals surface area (Å²) in [5, 5.41) is 19.7. The molecule has 2 heterocycles. The first kappa shape index (κ1) is 12.8. The van der Waals surface area contributed by atoms with Gasteiger partial charge in [-0.25, -0.2) is 9.78 Å². The fourth-order valence-corrected chi connectivity index (χ4v) is 2.00. The second-order valence-electron chi connectivity index (χ2n) is 4.41. The number of aromatic carboxylic acids is 1. The molecule has 0 saturated heterocycles. The average molecular weight is 287 g/mol. The maximum absolute atomic E-state index is 10.9. The van der Waals surface area contributed by atoms with Crippen LogP contribution in [0.25, 0.3) is 22.7 Å². The largest absolute Gasteiger partial charge is 0.478 e. The van der Waals surface area contributed by atoms with Crippen LogP contribution in [0.4, 0.5) is 5.82 Å². The number of nitro groups is 1. The topological polar surface area (TPSA) is 127 Å². The van der Waals surface area contributed by atoms with Crippen LogP contribution in [0.1, 0.15) is 10.4 Å². The number of nitrogens with one attached hydrogen (secondary N) is 1. The van der Waals surface area contributed by atoms with Crippen molar-refractivity contribution in [2.45, 2.75) is 0 Å². The first-order valence-corrected chi connectivity index (χ1v) is 5.87. The number of aryl methyl sites for hydroxylation is 1. The summed E-state index contributed by atoms with van der Waals surface area (Å²) in [4.78, 5) is 32.1. The van der Waals surface area contributed by atoms with Gasteiger partial charge in [0.05, 0.1) is 16.6 Å². The molecular formula is C12H9N5O4. The highest BCUT2D eigenvalue weighted by Gasteiger charge is 2.21. The summed E-state index contributed by atoms with van der Waals surface area (Å²) in [7, 11) is 1.62. The molecule has 0 bridgehead atoms. The van der Waals surface area contributed by atoms with Crippen molar-refractivity contribution in [3.63, 3.8) is 0 Å². The zero-order chi connectivity index (χ0) is 15.1. The Morgan fingerprint density at radius 3 is 2.81 bits per heavy atom. The number of hydrogen-bond donors (Lipinski definition) is 2. The van der Waals surface area contributed by atoms with E-state index >= 15 is 0 Å². The Balaban J connectivity index is 2.13. The van der Waals surface area contributed by atoms with Crippen LogP contribution in [-0.4, -0.2) is 35.5 Å². The van der Waals surface area contributed by atoms with Gasteiger partial charge in [-0.05, 0) is 28.1 Å². The van der Waals surface area contributed by atoms with E-state index in [-0.39, 0.29) is 11.4 Å². The highest BCUT2D eigenvalue weighted by molar-refractivity contribution is 5.92. The van der Waals surface area contributed by atoms with Gasteiger partial charge in [0.25, 0.3) is 5.82 Å². The van der Waals surface area contributed by atoms with Crippen LogP contribution in [0.15, 0.2) is 24.4 Å². The fraction of sp³-hybridized carbons (Fsp3) is 0.0833. The first-order chi connectivity index (χ1) is 9.95. The number of carboxylic acid groups (broad SMARTS) is 1. The molecule has 0 amide bonds. The SMILES string of the molecule is Cn1cc([N+](=O)[O-])nc1-c1nc2cc(C(=O)O)ccc2[nH]1. The molecule has 2 N–H and O–H groups in total. The number of rotatable bonds is 3. The predicted molar refractivity (Wildman–Crippen MR) is 71.9 cm³/mol. The van der Waals surface area contributed by atoms with E-state index in [1.165, 1.54) is 22.9 Å². The third kappa shape index (κ3) is 2.10. The number of carboxylic acids is 1. The number of aromatic nitrogens is 4. The molecule has 9 heteroatoms. The van der Waals surface area contributed by atoms with Crippen molar-refractivity contribution in [1.29, 1.82) is 0 Å². The molecule has 0 aliphatic heterocycles. The van der Waals surface area contributed by atoms with Crippen LogP contribution in [0.5, 0.6) is 0 Å². The number of hydrogen-bond acceptors (Lipinski definition) is 5. The van der Waals surface area contributed by atoms with Gasteiger partial charge in [0.1, 0.15) is 6.20 Å². The van der Waals surface area contributed by atoms with E-state index in [4.69, 9.17) is 5.11 Å². The van der Waals surface area contributed by atoms with Crippen molar-refractivity contribution in [1.82, 2.24) is 19.5 Å². The lowest BCUT2D eigenvalue weighted by Gasteiger charge is -1.92. The van der Waals surface area contributed by atoms with Crippen molar-refractivity contribution < 1.29 is 14.8 Å². The second-order valence-corrected chi connectivity index (χ2v) is 4.41. The predicted octanol–water partition coefficient (Wildman–Crippen LogP) is 1.57. The number of carbonyl (C=O) groups is 1. The molecule has 0 aliphatic carbocycles. The number of benzene rings is 1. The Kier molecular flexibility index (Phi) is 2.68. The molecule has 0 aliphatic rings. The molecule has 0 atom stereocenters. The first-order valence-electron chi connectivity index (χ1n) is 5.87. The number of nitrogens with zero attached hydrogens (tertiary/aromatic N) is 4. The van der Waals surface area contributed by atoms with Crippen molar-refractivity contribution in [2.24, 2.45) is 7.05 Å². The number of H-pyrrole nitrogens is 1. The standard InChI is InChI=1S/C12H9N5O4/c1-16-5-9(17(20)21)15-11(16)10-13-7-3-2-6(12(18)19)4-8(7)14-10/h2-5H,1H3,(H,13,14)(H,18,19). The van der Waals surface area contributed by atoms with Gasteiger partial charge in [0.2, 0.25) is 5.82 Å². The van der Waals surface area contributed by atoms with Crippen molar-refractivity contribution in [3.8, 4) is 11.6 Å². The number of fused-ring (bicyclic) bond motifs is 1. The number of aromatic amines is 1. The zero-order valence-electron chi connectivity index (χ0n) is 10.8. The maximum atomic E-state index is 10.9. The van der Waals surface area contributed by atoms with E-state index in [9.17, 15) is 14.9 Å². The average Bonchev–Trinajstić information content (AvgIpc) is 3.00. The van der Waals surface area contributed by atoms with E-state index in [0.717, 1.165) is 0 Å². The van der Waals surface area contributed by atoms with Gasteiger partial charge < -0.3 is 24.8 Å². The highest BCUT2D eigenvalue weighted by atomic mass is 16.6. The van der Waals surface area contributed by atoms with E-state index < -0.39 is 10.9 Å². The van der Waals surface area contributed by atoms with Gasteiger partial charge in [-0.15, -0.1) is 0 Å². The molecule has 2 aromatic heterocycles. The van der Waals surface area contributed by atoms with Gasteiger partial charge in [0, 0.05) is 7.05 Å². The molecule has 3 rings (SSSR count). The quantitative estimate of drug-likeness (QED) is 0.556. The second kappa shape index (κ2) is 4.40. The molecule has 0 radical (unpaired) electrons. The lowest BCUT2D eigenvalue weighted by atomic mass is 10.2. The molecule has 9 nitrogen and oxygen atoms in total. The smallest absolute Gasteiger partial charge is 0.382 e. The van der Waals surface area contributed by atoms with Crippen molar-refractivity contribution >= 4 is 22.8 Å². The van der Waals surface area contributed by atoms with Gasteiger partial charge in [-0.1, -0.05) is 0 Å². The third-order valence-electron chi connectivity index (χ3n) is 2.99. The van der Waals surface area contributed by atoms with Crippen molar-refractivity contribution in [3.05, 3.63) is 40.1 Å². The summed E-state index contributed by atoms with van der Waals surface area (Å²) in [6.45, 7) is 0. The summed E-state index contributed by atoms with van der Waals surface area (Å²) in [6.07, 6.45) is 1.28. The zero-order valence-corrected chi connectivity index (χ0v) is 10.8. The normalized spacial score (nSPS) is 10.9. The molecule has 0 spiro atoms. The fourth-order valence-electron chi connectivity index (χ4n) is 2.00. The van der Waals surface area contributed by atoms with Gasteiger partial charge in [-0.3, -0.25) is 0 Å². The van der Waals surface area contributed by atoms with Crippen LogP contribution in [0, 0.1) is 10.1 Å². The summed E-state index contributed by atoms with van der Waals surface area (Å²) in [6, 6.07) is 4.47. The van der Waals surface area contributed by atoms with Crippen molar-refractivity contribution in [2.75, 3.05) is 0 Å². The monoisotopic (exact) mass is 287 g/mol. The third-order valence-corrected chi connectivity index (χ3v) is 2.99.